The van der Waals surface area contributed by atoms with Crippen LogP contribution in [0.5, 0.6) is 0 Å². The number of nitrogens with zero attached hydrogens (tertiary/aromatic N) is 1. The van der Waals surface area contributed by atoms with Gasteiger partial charge in [-0.3, -0.25) is 4.90 Å². The van der Waals surface area contributed by atoms with Gasteiger partial charge >= 0.3 is 0 Å². The molecule has 1 heteroatoms. The van der Waals surface area contributed by atoms with Crippen molar-refractivity contribution in [1.29, 1.82) is 0 Å². The van der Waals surface area contributed by atoms with Gasteiger partial charge in [-0.1, -0.05) is 81.4 Å². The van der Waals surface area contributed by atoms with E-state index in [-0.39, 0.29) is 0 Å². The highest BCUT2D eigenvalue weighted by Gasteiger charge is 2.16. The molecule has 0 unspecified atom stereocenters. The van der Waals surface area contributed by atoms with Crippen LogP contribution in [0.2, 0.25) is 0 Å². The normalized spacial score (nSPS) is 11.8. The highest BCUT2D eigenvalue weighted by Crippen LogP contribution is 2.17. The van der Waals surface area contributed by atoms with Crippen LogP contribution in [0.4, 0.5) is 0 Å². The maximum Gasteiger partial charge on any atom is 0.0234 e. The molecular formula is C20H27N. The molecule has 2 aromatic rings. The number of benzene rings is 2. The minimum absolute atomic E-state index is 0.325. The van der Waals surface area contributed by atoms with Crippen molar-refractivity contribution in [3.63, 3.8) is 0 Å². The van der Waals surface area contributed by atoms with E-state index in [1.54, 1.807) is 0 Å². The fourth-order valence-electron chi connectivity index (χ4n) is 2.66. The fourth-order valence-corrected chi connectivity index (χ4v) is 2.66. The molecule has 0 saturated heterocycles. The third-order valence-electron chi connectivity index (χ3n) is 3.51. The van der Waals surface area contributed by atoms with E-state index < -0.39 is 0 Å². The zero-order valence-corrected chi connectivity index (χ0v) is 13.5. The molecule has 0 spiro atoms. The standard InChI is InChI=1S/C20H27N/c1-20(2,3)17-21(16-19-12-8-5-9-13-19)15-14-18-10-6-4-7-11-18/h4-13H,14-17H2,1-3H3. The third kappa shape index (κ3) is 6.14. The van der Waals surface area contributed by atoms with E-state index in [4.69, 9.17) is 0 Å². The average molecular weight is 281 g/mol. The van der Waals surface area contributed by atoms with Crippen LogP contribution < -0.4 is 0 Å². The van der Waals surface area contributed by atoms with Crippen LogP contribution in [0.1, 0.15) is 31.9 Å². The van der Waals surface area contributed by atoms with Gasteiger partial charge in [0.15, 0.2) is 0 Å². The molecule has 0 aliphatic carbocycles. The number of hydrogen-bond donors (Lipinski definition) is 0. The number of hydrogen-bond acceptors (Lipinski definition) is 1. The van der Waals surface area contributed by atoms with E-state index in [1.165, 1.54) is 11.1 Å². The first-order valence-corrected chi connectivity index (χ1v) is 7.83. The Morgan fingerprint density at radius 1 is 0.762 bits per heavy atom. The lowest BCUT2D eigenvalue weighted by Gasteiger charge is -2.30. The Labute approximate surface area is 129 Å². The van der Waals surface area contributed by atoms with E-state index in [0.29, 0.717) is 5.41 Å². The summed E-state index contributed by atoms with van der Waals surface area (Å²) in [5.74, 6) is 0. The van der Waals surface area contributed by atoms with Crippen LogP contribution in [-0.4, -0.2) is 18.0 Å². The van der Waals surface area contributed by atoms with E-state index >= 15 is 0 Å². The minimum Gasteiger partial charge on any atom is -0.298 e. The lowest BCUT2D eigenvalue weighted by atomic mass is 9.95. The summed E-state index contributed by atoms with van der Waals surface area (Å²) < 4.78 is 0. The summed E-state index contributed by atoms with van der Waals surface area (Å²) in [7, 11) is 0. The maximum atomic E-state index is 2.57. The Morgan fingerprint density at radius 3 is 1.81 bits per heavy atom. The Balaban J connectivity index is 1.98. The van der Waals surface area contributed by atoms with Crippen molar-refractivity contribution in [2.45, 2.75) is 33.7 Å². The fraction of sp³-hybridized carbons (Fsp3) is 0.400. The zero-order chi connectivity index (χ0) is 15.1. The van der Waals surface area contributed by atoms with Gasteiger partial charge in [0.25, 0.3) is 0 Å². The predicted molar refractivity (Wildman–Crippen MR) is 91.3 cm³/mol. The van der Waals surface area contributed by atoms with E-state index in [1.807, 2.05) is 0 Å². The van der Waals surface area contributed by atoms with Crippen molar-refractivity contribution in [2.75, 3.05) is 13.1 Å². The topological polar surface area (TPSA) is 3.24 Å². The van der Waals surface area contributed by atoms with Crippen LogP contribution in [0, 0.1) is 5.41 Å². The van der Waals surface area contributed by atoms with Gasteiger partial charge in [-0.25, -0.2) is 0 Å². The Hall–Kier alpha value is -1.60. The van der Waals surface area contributed by atoms with Crippen LogP contribution in [0.25, 0.3) is 0 Å². The second-order valence-electron chi connectivity index (χ2n) is 6.99. The summed E-state index contributed by atoms with van der Waals surface area (Å²) in [6, 6.07) is 21.6. The van der Waals surface area contributed by atoms with E-state index in [2.05, 4.69) is 86.3 Å². The first kappa shape index (κ1) is 15.8. The van der Waals surface area contributed by atoms with E-state index in [9.17, 15) is 0 Å². The minimum atomic E-state index is 0.325. The number of rotatable bonds is 6. The summed E-state index contributed by atoms with van der Waals surface area (Å²) in [5, 5.41) is 0. The molecule has 0 fully saturated rings. The maximum absolute atomic E-state index is 2.57. The summed E-state index contributed by atoms with van der Waals surface area (Å²) in [6.45, 7) is 10.2. The van der Waals surface area contributed by atoms with Gasteiger partial charge in [0, 0.05) is 19.6 Å². The molecule has 0 aromatic heterocycles. The predicted octanol–water partition coefficient (Wildman–Crippen LogP) is 4.78. The second-order valence-corrected chi connectivity index (χ2v) is 6.99. The molecule has 0 saturated carbocycles. The van der Waals surface area contributed by atoms with Gasteiger partial charge in [-0.2, -0.15) is 0 Å². The van der Waals surface area contributed by atoms with Gasteiger partial charge in [0.2, 0.25) is 0 Å². The van der Waals surface area contributed by atoms with Crippen molar-refractivity contribution < 1.29 is 0 Å². The lowest BCUT2D eigenvalue weighted by molar-refractivity contribution is 0.186. The van der Waals surface area contributed by atoms with Gasteiger partial charge in [-0.05, 0) is 23.0 Å². The van der Waals surface area contributed by atoms with E-state index in [0.717, 1.165) is 26.1 Å². The monoisotopic (exact) mass is 281 g/mol. The van der Waals surface area contributed by atoms with Crippen LogP contribution >= 0.6 is 0 Å². The molecule has 2 rings (SSSR count). The quantitative estimate of drug-likeness (QED) is 0.736. The Bertz CT molecular complexity index is 511. The van der Waals surface area contributed by atoms with Crippen molar-refractivity contribution in [1.82, 2.24) is 4.90 Å². The second kappa shape index (κ2) is 7.42. The molecule has 0 amide bonds. The van der Waals surface area contributed by atoms with Gasteiger partial charge in [-0.15, -0.1) is 0 Å². The lowest BCUT2D eigenvalue weighted by Crippen LogP contribution is -2.33. The molecule has 0 atom stereocenters. The molecule has 2 aromatic carbocycles. The molecule has 0 bridgehead atoms. The molecule has 0 N–H and O–H groups in total. The molecule has 0 aliphatic heterocycles. The first-order valence-electron chi connectivity index (χ1n) is 7.83. The summed E-state index contributed by atoms with van der Waals surface area (Å²) in [5.41, 5.74) is 3.14. The molecule has 0 aliphatic rings. The Morgan fingerprint density at radius 2 is 1.29 bits per heavy atom. The molecule has 112 valence electrons. The van der Waals surface area contributed by atoms with Gasteiger partial charge in [0.1, 0.15) is 0 Å². The Kier molecular flexibility index (Phi) is 5.58. The SMILES string of the molecule is CC(C)(C)CN(CCc1ccccc1)Cc1ccccc1. The van der Waals surface area contributed by atoms with Gasteiger partial charge in [0.05, 0.1) is 0 Å². The van der Waals surface area contributed by atoms with Crippen molar-refractivity contribution in [3.8, 4) is 0 Å². The summed E-state index contributed by atoms with van der Waals surface area (Å²) >= 11 is 0. The highest BCUT2D eigenvalue weighted by atomic mass is 15.1. The molecule has 21 heavy (non-hydrogen) atoms. The molecule has 0 heterocycles. The van der Waals surface area contributed by atoms with Crippen molar-refractivity contribution in [2.24, 2.45) is 5.41 Å². The first-order chi connectivity index (χ1) is 10.0. The molecule has 1 nitrogen and oxygen atoms in total. The van der Waals surface area contributed by atoms with Crippen molar-refractivity contribution >= 4 is 0 Å². The summed E-state index contributed by atoms with van der Waals surface area (Å²) in [4.78, 5) is 2.57. The zero-order valence-electron chi connectivity index (χ0n) is 13.5. The molecular weight excluding hydrogens is 254 g/mol. The smallest absolute Gasteiger partial charge is 0.0234 e. The average Bonchev–Trinajstić information content (AvgIpc) is 2.45. The summed E-state index contributed by atoms with van der Waals surface area (Å²) in [6.07, 6.45) is 1.11. The largest absolute Gasteiger partial charge is 0.298 e. The van der Waals surface area contributed by atoms with Crippen LogP contribution in [0.15, 0.2) is 60.7 Å². The highest BCUT2D eigenvalue weighted by molar-refractivity contribution is 5.16. The van der Waals surface area contributed by atoms with Crippen LogP contribution in [0.3, 0.4) is 0 Å². The molecule has 0 radical (unpaired) electrons. The van der Waals surface area contributed by atoms with Crippen LogP contribution in [-0.2, 0) is 13.0 Å². The van der Waals surface area contributed by atoms with Crippen molar-refractivity contribution in [3.05, 3.63) is 71.8 Å². The third-order valence-corrected chi connectivity index (χ3v) is 3.51. The van der Waals surface area contributed by atoms with Gasteiger partial charge < -0.3 is 0 Å².